The summed E-state index contributed by atoms with van der Waals surface area (Å²) in [5.74, 6) is -0.348. The highest BCUT2D eigenvalue weighted by atomic mass is 32.2. The fourth-order valence-corrected chi connectivity index (χ4v) is 5.85. The summed E-state index contributed by atoms with van der Waals surface area (Å²) in [6, 6.07) is 14.4. The number of carbonyl (C=O) groups excluding carboxylic acids is 3. The predicted octanol–water partition coefficient (Wildman–Crippen LogP) is 1.69. The van der Waals surface area contributed by atoms with Crippen LogP contribution in [0.5, 0.6) is 0 Å². The third-order valence-corrected chi connectivity index (χ3v) is 8.04. The Kier molecular flexibility index (Phi) is 5.65. The first-order chi connectivity index (χ1) is 16.3. The summed E-state index contributed by atoms with van der Waals surface area (Å²) in [4.78, 5) is 44.4. The normalized spacial score (nSPS) is 20.3. The van der Waals surface area contributed by atoms with Gasteiger partial charge < -0.3 is 9.80 Å². The van der Waals surface area contributed by atoms with E-state index in [1.54, 1.807) is 39.0 Å². The summed E-state index contributed by atoms with van der Waals surface area (Å²) in [5, 5.41) is 0. The van der Waals surface area contributed by atoms with Gasteiger partial charge in [-0.05, 0) is 24.6 Å². The van der Waals surface area contributed by atoms with Crippen LogP contribution in [-0.4, -0.2) is 79.2 Å². The van der Waals surface area contributed by atoms with Gasteiger partial charge in [0.1, 0.15) is 6.17 Å². The zero-order valence-corrected chi connectivity index (χ0v) is 19.7. The number of rotatable bonds is 5. The van der Waals surface area contributed by atoms with E-state index in [-0.39, 0.29) is 24.1 Å². The Morgan fingerprint density at radius 2 is 1.56 bits per heavy atom. The summed E-state index contributed by atoms with van der Waals surface area (Å²) in [6.45, 7) is 1.63. The molecule has 0 aliphatic carbocycles. The molecule has 1 fully saturated rings. The predicted molar refractivity (Wildman–Crippen MR) is 126 cm³/mol. The summed E-state index contributed by atoms with van der Waals surface area (Å²) < 4.78 is 24.8. The van der Waals surface area contributed by atoms with E-state index in [0.717, 1.165) is 5.56 Å². The fourth-order valence-electron chi connectivity index (χ4n) is 5.03. The van der Waals surface area contributed by atoms with Crippen LogP contribution in [0.2, 0.25) is 0 Å². The van der Waals surface area contributed by atoms with Gasteiger partial charge in [-0.15, -0.1) is 0 Å². The standard InChI is InChI=1S/C24H26N4O5S/c1-34(32,33)26-15-13-25(14-16-26)21(29)11-6-12-27-22-17-7-2-3-8-18(17)24(31)28(22)20-10-5-4-9-19(20)23(27)30/h2-5,7-10,22H,6,11-16H2,1H3/t22-/m0/s1. The Bertz CT molecular complexity index is 1270. The highest BCUT2D eigenvalue weighted by Gasteiger charge is 2.47. The minimum absolute atomic E-state index is 0.0576. The number of nitrogens with zero attached hydrogens (tertiary/aromatic N) is 4. The van der Waals surface area contributed by atoms with Crippen LogP contribution in [-0.2, 0) is 14.8 Å². The summed E-state index contributed by atoms with van der Waals surface area (Å²) >= 11 is 0. The van der Waals surface area contributed by atoms with Crippen molar-refractivity contribution < 1.29 is 22.8 Å². The summed E-state index contributed by atoms with van der Waals surface area (Å²) in [5.41, 5.74) is 2.46. The molecule has 3 heterocycles. The van der Waals surface area contributed by atoms with E-state index in [9.17, 15) is 22.8 Å². The van der Waals surface area contributed by atoms with Crippen molar-refractivity contribution in [2.75, 3.05) is 43.9 Å². The lowest BCUT2D eigenvalue weighted by Gasteiger charge is -2.41. The fraction of sp³-hybridized carbons (Fsp3) is 0.375. The molecule has 0 N–H and O–H groups in total. The minimum Gasteiger partial charge on any atom is -0.340 e. The molecule has 0 radical (unpaired) electrons. The molecule has 10 heteroatoms. The molecular formula is C24H26N4O5S. The van der Waals surface area contributed by atoms with Gasteiger partial charge in [-0.3, -0.25) is 19.3 Å². The van der Waals surface area contributed by atoms with E-state index < -0.39 is 16.2 Å². The van der Waals surface area contributed by atoms with E-state index in [2.05, 4.69) is 0 Å². The molecule has 0 saturated carbocycles. The first kappa shape index (κ1) is 22.5. The second-order valence-electron chi connectivity index (χ2n) is 8.80. The van der Waals surface area contributed by atoms with Gasteiger partial charge in [-0.25, -0.2) is 8.42 Å². The van der Waals surface area contributed by atoms with Gasteiger partial charge in [0, 0.05) is 50.3 Å². The van der Waals surface area contributed by atoms with Crippen LogP contribution < -0.4 is 4.90 Å². The second-order valence-corrected chi connectivity index (χ2v) is 10.8. The number of piperazine rings is 1. The maximum Gasteiger partial charge on any atom is 0.260 e. The van der Waals surface area contributed by atoms with Gasteiger partial charge in [0.15, 0.2) is 0 Å². The Labute approximate surface area is 198 Å². The molecule has 3 aliphatic heterocycles. The van der Waals surface area contributed by atoms with Gasteiger partial charge in [0.25, 0.3) is 11.8 Å². The van der Waals surface area contributed by atoms with Gasteiger partial charge in [-0.1, -0.05) is 30.3 Å². The molecule has 9 nitrogen and oxygen atoms in total. The topological polar surface area (TPSA) is 98.3 Å². The van der Waals surface area contributed by atoms with Crippen molar-refractivity contribution in [2.45, 2.75) is 19.0 Å². The molecule has 2 aromatic carbocycles. The number of anilines is 1. The van der Waals surface area contributed by atoms with Crippen molar-refractivity contribution in [3.05, 3.63) is 65.2 Å². The van der Waals surface area contributed by atoms with Crippen LogP contribution in [0.25, 0.3) is 0 Å². The molecule has 178 valence electrons. The first-order valence-corrected chi connectivity index (χ1v) is 13.2. The van der Waals surface area contributed by atoms with Gasteiger partial charge in [-0.2, -0.15) is 4.31 Å². The minimum atomic E-state index is -3.26. The highest BCUT2D eigenvalue weighted by Crippen LogP contribution is 2.45. The van der Waals surface area contributed by atoms with Gasteiger partial charge in [0.2, 0.25) is 15.9 Å². The average molecular weight is 483 g/mol. The van der Waals surface area contributed by atoms with Crippen LogP contribution in [0.15, 0.2) is 48.5 Å². The van der Waals surface area contributed by atoms with E-state index in [0.29, 0.717) is 56.0 Å². The zero-order chi connectivity index (χ0) is 24.0. The van der Waals surface area contributed by atoms with Crippen LogP contribution in [0, 0.1) is 0 Å². The van der Waals surface area contributed by atoms with E-state index in [4.69, 9.17) is 0 Å². The third kappa shape index (κ3) is 3.76. The molecule has 3 amide bonds. The number of amides is 3. The second kappa shape index (κ2) is 8.52. The summed E-state index contributed by atoms with van der Waals surface area (Å²) in [6.07, 6.45) is 1.33. The molecule has 2 aromatic rings. The number of hydrogen-bond donors (Lipinski definition) is 0. The van der Waals surface area contributed by atoms with E-state index in [1.807, 2.05) is 24.3 Å². The monoisotopic (exact) mass is 482 g/mol. The maximum atomic E-state index is 13.4. The van der Waals surface area contributed by atoms with E-state index >= 15 is 0 Å². The smallest absolute Gasteiger partial charge is 0.260 e. The first-order valence-electron chi connectivity index (χ1n) is 11.3. The molecule has 1 atom stereocenters. The lowest BCUT2D eigenvalue weighted by molar-refractivity contribution is -0.132. The molecule has 1 saturated heterocycles. The number of para-hydroxylation sites is 1. The molecule has 0 bridgehead atoms. The quantitative estimate of drug-likeness (QED) is 0.646. The van der Waals surface area contributed by atoms with Crippen molar-refractivity contribution in [3.63, 3.8) is 0 Å². The number of fused-ring (bicyclic) bond motifs is 5. The lowest BCUT2D eigenvalue weighted by atomic mass is 10.0. The molecule has 0 unspecified atom stereocenters. The Balaban J connectivity index is 1.31. The molecular weight excluding hydrogens is 456 g/mol. The number of sulfonamides is 1. The Hall–Kier alpha value is -3.24. The van der Waals surface area contributed by atoms with Gasteiger partial charge >= 0.3 is 0 Å². The van der Waals surface area contributed by atoms with Crippen molar-refractivity contribution in [2.24, 2.45) is 0 Å². The largest absolute Gasteiger partial charge is 0.340 e. The van der Waals surface area contributed by atoms with E-state index in [1.165, 1.54) is 10.6 Å². The summed E-state index contributed by atoms with van der Waals surface area (Å²) in [7, 11) is -3.26. The molecule has 0 aromatic heterocycles. The van der Waals surface area contributed by atoms with Crippen molar-refractivity contribution in [1.82, 2.24) is 14.1 Å². The van der Waals surface area contributed by atoms with Gasteiger partial charge in [0.05, 0.1) is 17.5 Å². The van der Waals surface area contributed by atoms with Crippen LogP contribution >= 0.6 is 0 Å². The molecule has 0 spiro atoms. The van der Waals surface area contributed by atoms with Crippen molar-refractivity contribution in [1.29, 1.82) is 0 Å². The number of benzene rings is 2. The Morgan fingerprint density at radius 1 is 0.912 bits per heavy atom. The van der Waals surface area contributed by atoms with Crippen LogP contribution in [0.4, 0.5) is 5.69 Å². The third-order valence-electron chi connectivity index (χ3n) is 6.73. The van der Waals surface area contributed by atoms with Crippen molar-refractivity contribution in [3.8, 4) is 0 Å². The highest BCUT2D eigenvalue weighted by molar-refractivity contribution is 7.88. The van der Waals surface area contributed by atoms with Crippen LogP contribution in [0.3, 0.4) is 0 Å². The maximum absolute atomic E-state index is 13.4. The molecule has 5 rings (SSSR count). The molecule has 34 heavy (non-hydrogen) atoms. The lowest BCUT2D eigenvalue weighted by Crippen LogP contribution is -2.50. The molecule has 3 aliphatic rings. The Morgan fingerprint density at radius 3 is 2.26 bits per heavy atom. The number of carbonyl (C=O) groups is 3. The zero-order valence-electron chi connectivity index (χ0n) is 18.9. The van der Waals surface area contributed by atoms with Crippen LogP contribution in [0.1, 0.15) is 45.3 Å². The average Bonchev–Trinajstić information content (AvgIpc) is 3.13. The van der Waals surface area contributed by atoms with Crippen molar-refractivity contribution >= 4 is 33.4 Å². The SMILES string of the molecule is CS(=O)(=O)N1CCN(C(=O)CCCN2C(=O)c3ccccc3N3C(=O)c4ccccc4[C@@H]23)CC1. The number of hydrogen-bond acceptors (Lipinski definition) is 5.